The Balaban J connectivity index is 2.83. The molecular formula is C12H15NO4. The second-order valence-corrected chi connectivity index (χ2v) is 3.49. The summed E-state index contributed by atoms with van der Waals surface area (Å²) in [5.74, 6) is -0.979. The van der Waals surface area contributed by atoms with E-state index in [0.29, 0.717) is 13.1 Å². The first-order valence-electron chi connectivity index (χ1n) is 5.23. The van der Waals surface area contributed by atoms with Crippen LogP contribution in [0.2, 0.25) is 0 Å². The van der Waals surface area contributed by atoms with Crippen LogP contribution in [0, 0.1) is 0 Å². The van der Waals surface area contributed by atoms with Crippen LogP contribution >= 0.6 is 0 Å². The summed E-state index contributed by atoms with van der Waals surface area (Å²) in [6, 6.07) is 6.50. The van der Waals surface area contributed by atoms with Crippen LogP contribution in [0.3, 0.4) is 0 Å². The van der Waals surface area contributed by atoms with Gasteiger partial charge in [-0.05, 0) is 24.6 Å². The number of nitrogens with zero attached hydrogens (tertiary/aromatic N) is 1. The van der Waals surface area contributed by atoms with Gasteiger partial charge in [0.1, 0.15) is 0 Å². The van der Waals surface area contributed by atoms with Gasteiger partial charge < -0.3 is 14.7 Å². The largest absolute Gasteiger partial charge is 0.478 e. The number of carbonyl (C=O) groups excluding carboxylic acids is 1. The van der Waals surface area contributed by atoms with Gasteiger partial charge in [0.05, 0.1) is 12.7 Å². The molecular weight excluding hydrogens is 222 g/mol. The average molecular weight is 237 g/mol. The highest BCUT2D eigenvalue weighted by Gasteiger charge is 2.12. The molecule has 0 spiro atoms. The van der Waals surface area contributed by atoms with Crippen LogP contribution in [0.25, 0.3) is 0 Å². The minimum Gasteiger partial charge on any atom is -0.478 e. The number of benzene rings is 1. The maximum absolute atomic E-state index is 11.4. The number of carboxylic acid groups (broad SMARTS) is 1. The zero-order valence-electron chi connectivity index (χ0n) is 9.84. The lowest BCUT2D eigenvalue weighted by Gasteiger charge is -2.19. The number of ether oxygens (including phenoxy) is 1. The Kier molecular flexibility index (Phi) is 4.51. The number of aromatic carboxylic acids is 1. The number of carbonyl (C=O) groups is 2. The summed E-state index contributed by atoms with van der Waals surface area (Å²) in [7, 11) is 1.32. The fourth-order valence-corrected chi connectivity index (χ4v) is 1.46. The third-order valence-corrected chi connectivity index (χ3v) is 2.36. The molecule has 1 amide bonds. The Morgan fingerprint density at radius 2 is 2.12 bits per heavy atom. The van der Waals surface area contributed by atoms with E-state index >= 15 is 0 Å². The Labute approximate surface area is 99.6 Å². The minimum atomic E-state index is -0.979. The second kappa shape index (κ2) is 5.89. The third kappa shape index (κ3) is 3.48. The van der Waals surface area contributed by atoms with Crippen molar-refractivity contribution in [1.29, 1.82) is 0 Å². The van der Waals surface area contributed by atoms with Gasteiger partial charge in [-0.2, -0.15) is 0 Å². The van der Waals surface area contributed by atoms with Crippen LogP contribution in [-0.4, -0.2) is 35.7 Å². The van der Waals surface area contributed by atoms with Crippen molar-refractivity contribution in [1.82, 2.24) is 4.90 Å². The molecule has 0 atom stereocenters. The van der Waals surface area contributed by atoms with Crippen LogP contribution in [0.5, 0.6) is 0 Å². The molecule has 5 heteroatoms. The molecule has 1 aromatic carbocycles. The first-order valence-corrected chi connectivity index (χ1v) is 5.23. The lowest BCUT2D eigenvalue weighted by Crippen LogP contribution is -2.30. The summed E-state index contributed by atoms with van der Waals surface area (Å²) in [6.07, 6.45) is -0.423. The summed E-state index contributed by atoms with van der Waals surface area (Å²) < 4.78 is 4.62. The molecule has 0 aliphatic rings. The van der Waals surface area contributed by atoms with Crippen molar-refractivity contribution in [2.75, 3.05) is 13.7 Å². The predicted octanol–water partition coefficient (Wildman–Crippen LogP) is 1.97. The van der Waals surface area contributed by atoms with E-state index in [4.69, 9.17) is 5.11 Å². The van der Waals surface area contributed by atoms with Crippen LogP contribution < -0.4 is 0 Å². The lowest BCUT2D eigenvalue weighted by molar-refractivity contribution is 0.0696. The first kappa shape index (κ1) is 13.0. The van der Waals surface area contributed by atoms with Crippen molar-refractivity contribution in [3.63, 3.8) is 0 Å². The molecule has 0 saturated heterocycles. The highest BCUT2D eigenvalue weighted by Crippen LogP contribution is 2.09. The van der Waals surface area contributed by atoms with E-state index in [1.165, 1.54) is 18.1 Å². The van der Waals surface area contributed by atoms with E-state index in [2.05, 4.69) is 4.74 Å². The predicted molar refractivity (Wildman–Crippen MR) is 61.9 cm³/mol. The third-order valence-electron chi connectivity index (χ3n) is 2.36. The van der Waals surface area contributed by atoms with Crippen molar-refractivity contribution < 1.29 is 19.4 Å². The van der Waals surface area contributed by atoms with Crippen molar-refractivity contribution in [2.45, 2.75) is 13.5 Å². The van der Waals surface area contributed by atoms with Crippen LogP contribution in [0.4, 0.5) is 4.79 Å². The van der Waals surface area contributed by atoms with E-state index in [-0.39, 0.29) is 5.56 Å². The Hall–Kier alpha value is -2.04. The standard InChI is InChI=1S/C12H15NO4/c1-3-13(12(16)17-2)8-9-5-4-6-10(7-9)11(14)15/h4-7H,3,8H2,1-2H3,(H,14,15). The number of amides is 1. The minimum absolute atomic E-state index is 0.211. The summed E-state index contributed by atoms with van der Waals surface area (Å²) >= 11 is 0. The molecule has 0 aliphatic carbocycles. The average Bonchev–Trinajstić information content (AvgIpc) is 2.35. The van der Waals surface area contributed by atoms with Crippen LogP contribution in [0.1, 0.15) is 22.8 Å². The van der Waals surface area contributed by atoms with E-state index < -0.39 is 12.1 Å². The topological polar surface area (TPSA) is 66.8 Å². The molecule has 5 nitrogen and oxygen atoms in total. The summed E-state index contributed by atoms with van der Waals surface area (Å²) in [4.78, 5) is 23.6. The number of hydrogen-bond acceptors (Lipinski definition) is 3. The smallest absolute Gasteiger partial charge is 0.409 e. The quantitative estimate of drug-likeness (QED) is 0.869. The van der Waals surface area contributed by atoms with Crippen molar-refractivity contribution in [3.8, 4) is 0 Å². The van der Waals surface area contributed by atoms with Crippen molar-refractivity contribution in [2.24, 2.45) is 0 Å². The molecule has 0 bridgehead atoms. The summed E-state index contributed by atoms with van der Waals surface area (Å²) in [5.41, 5.74) is 0.973. The van der Waals surface area contributed by atoms with Gasteiger partial charge in [-0.3, -0.25) is 0 Å². The fourth-order valence-electron chi connectivity index (χ4n) is 1.46. The zero-order chi connectivity index (χ0) is 12.8. The molecule has 0 unspecified atom stereocenters. The number of methoxy groups -OCH3 is 1. The first-order chi connectivity index (χ1) is 8.08. The van der Waals surface area contributed by atoms with Gasteiger partial charge in [0, 0.05) is 13.1 Å². The highest BCUT2D eigenvalue weighted by atomic mass is 16.5. The van der Waals surface area contributed by atoms with E-state index in [1.54, 1.807) is 18.2 Å². The molecule has 0 radical (unpaired) electrons. The van der Waals surface area contributed by atoms with Gasteiger partial charge in [0.25, 0.3) is 0 Å². The molecule has 0 aromatic heterocycles. The zero-order valence-corrected chi connectivity index (χ0v) is 9.84. The number of carboxylic acids is 1. The second-order valence-electron chi connectivity index (χ2n) is 3.49. The van der Waals surface area contributed by atoms with Gasteiger partial charge in [-0.15, -0.1) is 0 Å². The van der Waals surface area contributed by atoms with Crippen LogP contribution in [0.15, 0.2) is 24.3 Å². The Morgan fingerprint density at radius 3 is 2.65 bits per heavy atom. The summed E-state index contributed by atoms with van der Waals surface area (Å²) in [5, 5.41) is 8.85. The molecule has 0 heterocycles. The summed E-state index contributed by atoms with van der Waals surface area (Å²) in [6.45, 7) is 2.67. The molecule has 0 aliphatic heterocycles. The molecule has 1 N–H and O–H groups in total. The molecule has 0 saturated carbocycles. The van der Waals surface area contributed by atoms with Crippen molar-refractivity contribution in [3.05, 3.63) is 35.4 Å². The maximum atomic E-state index is 11.4. The normalized spacial score (nSPS) is 9.76. The molecule has 17 heavy (non-hydrogen) atoms. The number of hydrogen-bond donors (Lipinski definition) is 1. The Morgan fingerprint density at radius 1 is 1.41 bits per heavy atom. The Bertz CT molecular complexity index is 417. The molecule has 1 aromatic rings. The monoisotopic (exact) mass is 237 g/mol. The lowest BCUT2D eigenvalue weighted by atomic mass is 10.1. The molecule has 1 rings (SSSR count). The number of rotatable bonds is 4. The highest BCUT2D eigenvalue weighted by molar-refractivity contribution is 5.87. The van der Waals surface area contributed by atoms with E-state index in [1.807, 2.05) is 6.92 Å². The van der Waals surface area contributed by atoms with Crippen LogP contribution in [-0.2, 0) is 11.3 Å². The van der Waals surface area contributed by atoms with Gasteiger partial charge >= 0.3 is 12.1 Å². The molecule has 0 fully saturated rings. The van der Waals surface area contributed by atoms with E-state index in [9.17, 15) is 9.59 Å². The van der Waals surface area contributed by atoms with E-state index in [0.717, 1.165) is 5.56 Å². The van der Waals surface area contributed by atoms with Gasteiger partial charge in [-0.1, -0.05) is 12.1 Å². The van der Waals surface area contributed by atoms with Crippen molar-refractivity contribution >= 4 is 12.1 Å². The fraction of sp³-hybridized carbons (Fsp3) is 0.333. The molecule has 92 valence electrons. The maximum Gasteiger partial charge on any atom is 0.409 e. The van der Waals surface area contributed by atoms with Gasteiger partial charge in [-0.25, -0.2) is 9.59 Å². The van der Waals surface area contributed by atoms with Gasteiger partial charge in [0.2, 0.25) is 0 Å². The SMILES string of the molecule is CCN(Cc1cccc(C(=O)O)c1)C(=O)OC. The van der Waals surface area contributed by atoms with Gasteiger partial charge in [0.15, 0.2) is 0 Å².